The molecule has 1 rings (SSSR count). The van der Waals surface area contributed by atoms with Crippen molar-refractivity contribution in [2.75, 3.05) is 19.8 Å². The Hall–Kier alpha value is -2.37. The van der Waals surface area contributed by atoms with Crippen LogP contribution in [0.3, 0.4) is 0 Å². The molecule has 6 nitrogen and oxygen atoms in total. The van der Waals surface area contributed by atoms with Crippen LogP contribution in [0.4, 0.5) is 0 Å². The highest BCUT2D eigenvalue weighted by Crippen LogP contribution is 2.33. The van der Waals surface area contributed by atoms with E-state index in [2.05, 4.69) is 0 Å². The quantitative estimate of drug-likeness (QED) is 0.298. The van der Waals surface area contributed by atoms with E-state index in [1.807, 2.05) is 0 Å². The van der Waals surface area contributed by atoms with Gasteiger partial charge in [0.15, 0.2) is 5.41 Å². The predicted octanol–water partition coefficient (Wildman–Crippen LogP) is 2.39. The standard InChI is InChI=1S/C18H24O6/c1-4-22-16(20)18(17(21)23-5-2,12-9-13-24-14(3)19)15-10-7-6-8-11-15/h6-8,10-11H,4-5,9,12-13H2,1-3H3. The van der Waals surface area contributed by atoms with E-state index in [0.29, 0.717) is 12.0 Å². The highest BCUT2D eigenvalue weighted by molar-refractivity contribution is 6.06. The second-order valence-corrected chi connectivity index (χ2v) is 5.16. The molecule has 0 spiro atoms. The monoisotopic (exact) mass is 336 g/mol. The van der Waals surface area contributed by atoms with Gasteiger partial charge >= 0.3 is 17.9 Å². The number of rotatable bonds is 9. The Balaban J connectivity index is 3.19. The molecular formula is C18H24O6. The molecule has 0 aliphatic rings. The normalized spacial score (nSPS) is 10.8. The fraction of sp³-hybridized carbons (Fsp3) is 0.500. The number of benzene rings is 1. The molecule has 1 aromatic carbocycles. The van der Waals surface area contributed by atoms with Gasteiger partial charge in [0.25, 0.3) is 0 Å². The van der Waals surface area contributed by atoms with E-state index in [-0.39, 0.29) is 26.2 Å². The molecule has 0 saturated carbocycles. The van der Waals surface area contributed by atoms with Crippen LogP contribution in [-0.4, -0.2) is 37.7 Å². The number of carbonyl (C=O) groups excluding carboxylic acids is 3. The van der Waals surface area contributed by atoms with Crippen LogP contribution < -0.4 is 0 Å². The fourth-order valence-corrected chi connectivity index (χ4v) is 2.45. The average molecular weight is 336 g/mol. The van der Waals surface area contributed by atoms with E-state index in [9.17, 15) is 14.4 Å². The van der Waals surface area contributed by atoms with Crippen molar-refractivity contribution < 1.29 is 28.6 Å². The molecule has 24 heavy (non-hydrogen) atoms. The summed E-state index contributed by atoms with van der Waals surface area (Å²) in [6, 6.07) is 8.67. The molecule has 0 heterocycles. The van der Waals surface area contributed by atoms with Crippen molar-refractivity contribution in [2.24, 2.45) is 0 Å². The minimum atomic E-state index is -1.56. The zero-order chi connectivity index (χ0) is 18.0. The topological polar surface area (TPSA) is 78.9 Å². The van der Waals surface area contributed by atoms with Gasteiger partial charge in [-0.3, -0.25) is 14.4 Å². The second-order valence-electron chi connectivity index (χ2n) is 5.16. The lowest BCUT2D eigenvalue weighted by Crippen LogP contribution is -2.46. The number of ether oxygens (including phenoxy) is 3. The molecule has 0 aromatic heterocycles. The van der Waals surface area contributed by atoms with Crippen molar-refractivity contribution in [2.45, 2.75) is 39.0 Å². The summed E-state index contributed by atoms with van der Waals surface area (Å²) in [6.45, 7) is 5.08. The van der Waals surface area contributed by atoms with Gasteiger partial charge in [0, 0.05) is 6.92 Å². The van der Waals surface area contributed by atoms with Crippen molar-refractivity contribution in [3.63, 3.8) is 0 Å². The Morgan fingerprint density at radius 2 is 1.46 bits per heavy atom. The van der Waals surface area contributed by atoms with Crippen LogP contribution in [0.5, 0.6) is 0 Å². The first-order chi connectivity index (χ1) is 11.5. The number of hydrogen-bond donors (Lipinski definition) is 0. The van der Waals surface area contributed by atoms with Crippen LogP contribution in [0, 0.1) is 0 Å². The Kier molecular flexibility index (Phi) is 7.95. The molecule has 1 aromatic rings. The molecular weight excluding hydrogens is 312 g/mol. The highest BCUT2D eigenvalue weighted by Gasteiger charge is 2.50. The lowest BCUT2D eigenvalue weighted by molar-refractivity contribution is -0.165. The Morgan fingerprint density at radius 1 is 0.917 bits per heavy atom. The van der Waals surface area contributed by atoms with Crippen molar-refractivity contribution in [1.82, 2.24) is 0 Å². The summed E-state index contributed by atoms with van der Waals surface area (Å²) >= 11 is 0. The zero-order valence-corrected chi connectivity index (χ0v) is 14.4. The molecule has 0 amide bonds. The summed E-state index contributed by atoms with van der Waals surface area (Å²) in [7, 11) is 0. The average Bonchev–Trinajstić information content (AvgIpc) is 2.56. The Bertz CT molecular complexity index is 534. The minimum absolute atomic E-state index is 0.114. The summed E-state index contributed by atoms with van der Waals surface area (Å²) in [4.78, 5) is 36.3. The summed E-state index contributed by atoms with van der Waals surface area (Å²) in [5, 5.41) is 0. The maximum atomic E-state index is 12.7. The van der Waals surface area contributed by atoms with Crippen molar-refractivity contribution in [1.29, 1.82) is 0 Å². The molecule has 132 valence electrons. The van der Waals surface area contributed by atoms with Crippen LogP contribution >= 0.6 is 0 Å². The van der Waals surface area contributed by atoms with E-state index < -0.39 is 23.3 Å². The molecule has 0 unspecified atom stereocenters. The predicted molar refractivity (Wildman–Crippen MR) is 87.3 cm³/mol. The van der Waals surface area contributed by atoms with Crippen molar-refractivity contribution >= 4 is 17.9 Å². The van der Waals surface area contributed by atoms with E-state index in [0.717, 1.165) is 0 Å². The first kappa shape index (κ1) is 19.7. The Labute approximate surface area is 142 Å². The van der Waals surface area contributed by atoms with E-state index in [4.69, 9.17) is 14.2 Å². The lowest BCUT2D eigenvalue weighted by atomic mass is 9.76. The number of carbonyl (C=O) groups is 3. The van der Waals surface area contributed by atoms with Gasteiger partial charge in [0.1, 0.15) is 0 Å². The van der Waals surface area contributed by atoms with Gasteiger partial charge in [-0.1, -0.05) is 30.3 Å². The molecule has 0 radical (unpaired) electrons. The summed E-state index contributed by atoms with van der Waals surface area (Å²) < 4.78 is 15.2. The van der Waals surface area contributed by atoms with Gasteiger partial charge in [-0.25, -0.2) is 0 Å². The van der Waals surface area contributed by atoms with Crippen LogP contribution in [0.15, 0.2) is 30.3 Å². The fourth-order valence-electron chi connectivity index (χ4n) is 2.45. The van der Waals surface area contributed by atoms with Gasteiger partial charge in [-0.15, -0.1) is 0 Å². The van der Waals surface area contributed by atoms with E-state index in [1.165, 1.54) is 6.92 Å². The molecule has 0 aliphatic carbocycles. The van der Waals surface area contributed by atoms with Crippen LogP contribution in [0.25, 0.3) is 0 Å². The minimum Gasteiger partial charge on any atom is -0.466 e. The Morgan fingerprint density at radius 3 is 1.92 bits per heavy atom. The van der Waals surface area contributed by atoms with Crippen LogP contribution in [0.2, 0.25) is 0 Å². The molecule has 0 bridgehead atoms. The molecule has 0 fully saturated rings. The molecule has 0 saturated heterocycles. The van der Waals surface area contributed by atoms with Gasteiger partial charge in [-0.2, -0.15) is 0 Å². The zero-order valence-electron chi connectivity index (χ0n) is 14.4. The molecule has 6 heteroatoms. The van der Waals surface area contributed by atoms with Gasteiger partial charge in [0.2, 0.25) is 0 Å². The third-order valence-electron chi connectivity index (χ3n) is 3.52. The van der Waals surface area contributed by atoms with Gasteiger partial charge in [0.05, 0.1) is 19.8 Å². The third-order valence-corrected chi connectivity index (χ3v) is 3.52. The van der Waals surface area contributed by atoms with Crippen molar-refractivity contribution in [3.05, 3.63) is 35.9 Å². The first-order valence-corrected chi connectivity index (χ1v) is 8.02. The van der Waals surface area contributed by atoms with E-state index in [1.54, 1.807) is 44.2 Å². The largest absolute Gasteiger partial charge is 0.466 e. The summed E-state index contributed by atoms with van der Waals surface area (Å²) in [5.41, 5.74) is -1.06. The maximum absolute atomic E-state index is 12.7. The molecule has 0 atom stereocenters. The van der Waals surface area contributed by atoms with Gasteiger partial charge in [-0.05, 0) is 32.3 Å². The van der Waals surface area contributed by atoms with Crippen molar-refractivity contribution in [3.8, 4) is 0 Å². The van der Waals surface area contributed by atoms with Crippen LogP contribution in [-0.2, 0) is 34.0 Å². The van der Waals surface area contributed by atoms with E-state index >= 15 is 0 Å². The second kappa shape index (κ2) is 9.70. The first-order valence-electron chi connectivity index (χ1n) is 8.02. The summed E-state index contributed by atoms with van der Waals surface area (Å²) in [6.07, 6.45) is 0.452. The summed E-state index contributed by atoms with van der Waals surface area (Å²) in [5.74, 6) is -1.72. The SMILES string of the molecule is CCOC(=O)C(CCCOC(C)=O)(C(=O)OCC)c1ccccc1. The third kappa shape index (κ3) is 4.81. The lowest BCUT2D eigenvalue weighted by Gasteiger charge is -2.29. The number of hydrogen-bond acceptors (Lipinski definition) is 6. The number of esters is 3. The highest BCUT2D eigenvalue weighted by atomic mass is 16.6. The van der Waals surface area contributed by atoms with Crippen LogP contribution in [0.1, 0.15) is 39.2 Å². The smallest absolute Gasteiger partial charge is 0.328 e. The molecule has 0 aliphatic heterocycles. The van der Waals surface area contributed by atoms with Gasteiger partial charge < -0.3 is 14.2 Å². The maximum Gasteiger partial charge on any atom is 0.328 e. The molecule has 0 N–H and O–H groups in total.